The summed E-state index contributed by atoms with van der Waals surface area (Å²) in [7, 11) is 0. The van der Waals surface area contributed by atoms with Crippen LogP contribution in [0.2, 0.25) is 5.02 Å². The topological polar surface area (TPSA) is 84.2 Å². The van der Waals surface area contributed by atoms with Crippen molar-refractivity contribution in [1.82, 2.24) is 9.78 Å². The smallest absolute Gasteiger partial charge is 0.257 e. The number of nitrogens with zero attached hydrogens (tertiary/aromatic N) is 2. The minimum Gasteiger partial charge on any atom is -0.386 e. The number of carbonyl (C=O) groups is 2. The summed E-state index contributed by atoms with van der Waals surface area (Å²) in [6.45, 7) is 3.36. The first-order valence-corrected chi connectivity index (χ1v) is 10.9. The number of benzene rings is 2. The maximum atomic E-state index is 12.8. The molecule has 1 amide bonds. The van der Waals surface area contributed by atoms with E-state index in [0.29, 0.717) is 21.8 Å². The Morgan fingerprint density at radius 3 is 2.58 bits per heavy atom. The van der Waals surface area contributed by atoms with Crippen molar-refractivity contribution in [1.29, 1.82) is 0 Å². The van der Waals surface area contributed by atoms with Crippen molar-refractivity contribution >= 4 is 40.4 Å². The Balaban J connectivity index is 1.68. The molecule has 1 fully saturated rings. The molecular weight excluding hydrogens is 414 g/mol. The average Bonchev–Trinajstić information content (AvgIpc) is 3.16. The second-order valence-electron chi connectivity index (χ2n) is 8.76. The number of hydrogen-bond donors (Lipinski definition) is 2. The number of amides is 1. The Kier molecular flexibility index (Phi) is 5.86. The lowest BCUT2D eigenvalue weighted by Gasteiger charge is -2.25. The number of aromatic nitrogens is 2. The molecule has 0 bridgehead atoms. The largest absolute Gasteiger partial charge is 0.386 e. The van der Waals surface area contributed by atoms with E-state index in [0.717, 1.165) is 42.9 Å². The fourth-order valence-corrected chi connectivity index (χ4v) is 4.45. The summed E-state index contributed by atoms with van der Waals surface area (Å²) >= 11 is 6.17. The predicted molar refractivity (Wildman–Crippen MR) is 121 cm³/mol. The SMILES string of the molecule is CC(C)(O)c1cc2nn([C@H]3CC[C@H](C=O)CC3)cc2cc1NC(=O)c1ccccc1Cl. The zero-order valence-corrected chi connectivity index (χ0v) is 18.4. The van der Waals surface area contributed by atoms with Gasteiger partial charge in [-0.3, -0.25) is 9.48 Å². The van der Waals surface area contributed by atoms with Crippen LogP contribution in [0.5, 0.6) is 0 Å². The first-order valence-electron chi connectivity index (χ1n) is 10.5. The van der Waals surface area contributed by atoms with Gasteiger partial charge in [0.15, 0.2) is 0 Å². The van der Waals surface area contributed by atoms with Crippen LogP contribution in [0.3, 0.4) is 0 Å². The van der Waals surface area contributed by atoms with E-state index < -0.39 is 5.60 Å². The highest BCUT2D eigenvalue weighted by Crippen LogP contribution is 2.35. The fourth-order valence-electron chi connectivity index (χ4n) is 4.22. The van der Waals surface area contributed by atoms with Crippen molar-refractivity contribution < 1.29 is 14.7 Å². The molecule has 0 unspecified atom stereocenters. The summed E-state index contributed by atoms with van der Waals surface area (Å²) in [5, 5.41) is 19.6. The van der Waals surface area contributed by atoms with Crippen LogP contribution in [0.15, 0.2) is 42.6 Å². The number of aliphatic hydroxyl groups is 1. The molecule has 0 aliphatic heterocycles. The molecule has 0 spiro atoms. The van der Waals surface area contributed by atoms with Crippen LogP contribution in [-0.2, 0) is 10.4 Å². The van der Waals surface area contributed by atoms with Crippen molar-refractivity contribution in [3.05, 3.63) is 58.7 Å². The van der Waals surface area contributed by atoms with E-state index in [1.165, 1.54) is 0 Å². The molecule has 1 aliphatic rings. The number of halogens is 1. The zero-order valence-electron chi connectivity index (χ0n) is 17.6. The number of fused-ring (bicyclic) bond motifs is 1. The summed E-state index contributed by atoms with van der Waals surface area (Å²) in [6.07, 6.45) is 6.59. The van der Waals surface area contributed by atoms with E-state index in [1.807, 2.05) is 23.0 Å². The number of carbonyl (C=O) groups excluding carboxylic acids is 2. The molecule has 4 rings (SSSR count). The lowest BCUT2D eigenvalue weighted by Crippen LogP contribution is -2.21. The van der Waals surface area contributed by atoms with Gasteiger partial charge in [0.05, 0.1) is 27.7 Å². The van der Waals surface area contributed by atoms with Gasteiger partial charge in [-0.05, 0) is 63.8 Å². The number of aldehydes is 1. The van der Waals surface area contributed by atoms with Gasteiger partial charge < -0.3 is 15.2 Å². The summed E-state index contributed by atoms with van der Waals surface area (Å²) in [6, 6.07) is 10.8. The van der Waals surface area contributed by atoms with Crippen molar-refractivity contribution in [3.63, 3.8) is 0 Å². The lowest BCUT2D eigenvalue weighted by molar-refractivity contribution is -0.112. The third kappa shape index (κ3) is 4.50. The Morgan fingerprint density at radius 2 is 1.94 bits per heavy atom. The highest BCUT2D eigenvalue weighted by atomic mass is 35.5. The van der Waals surface area contributed by atoms with Crippen LogP contribution in [0, 0.1) is 5.92 Å². The van der Waals surface area contributed by atoms with Crippen LogP contribution < -0.4 is 5.32 Å². The van der Waals surface area contributed by atoms with Gasteiger partial charge in [-0.1, -0.05) is 23.7 Å². The zero-order chi connectivity index (χ0) is 22.2. The highest BCUT2D eigenvalue weighted by Gasteiger charge is 2.26. The molecule has 2 N–H and O–H groups in total. The average molecular weight is 440 g/mol. The Labute approximate surface area is 186 Å². The molecule has 3 aromatic rings. The minimum atomic E-state index is -1.18. The van der Waals surface area contributed by atoms with E-state index in [4.69, 9.17) is 16.7 Å². The van der Waals surface area contributed by atoms with Gasteiger partial charge in [-0.2, -0.15) is 5.10 Å². The van der Waals surface area contributed by atoms with E-state index in [-0.39, 0.29) is 17.9 Å². The second kappa shape index (κ2) is 8.44. The third-order valence-electron chi connectivity index (χ3n) is 6.00. The molecule has 31 heavy (non-hydrogen) atoms. The molecular formula is C24H26ClN3O3. The molecule has 1 saturated carbocycles. The van der Waals surface area contributed by atoms with Crippen molar-refractivity contribution in [2.75, 3.05) is 5.32 Å². The molecule has 6 nitrogen and oxygen atoms in total. The maximum absolute atomic E-state index is 12.8. The molecule has 1 aliphatic carbocycles. The molecule has 1 heterocycles. The van der Waals surface area contributed by atoms with Crippen LogP contribution in [-0.4, -0.2) is 27.1 Å². The van der Waals surface area contributed by atoms with Crippen molar-refractivity contribution in [3.8, 4) is 0 Å². The summed E-state index contributed by atoms with van der Waals surface area (Å²) in [5.41, 5.74) is 1.05. The molecule has 0 saturated heterocycles. The standard InChI is InChI=1S/C24H26ClN3O3/c1-24(2,31)19-12-21-16(13-28(27-21)17-9-7-15(14-29)8-10-17)11-22(19)26-23(30)18-5-3-4-6-20(18)25/h3-6,11-15,17,31H,7-10H2,1-2H3,(H,26,30)/t15-,17-. The van der Waals surface area contributed by atoms with E-state index in [2.05, 4.69) is 5.32 Å². The molecule has 7 heteroatoms. The minimum absolute atomic E-state index is 0.148. The van der Waals surface area contributed by atoms with Gasteiger partial charge >= 0.3 is 0 Å². The monoisotopic (exact) mass is 439 g/mol. The van der Waals surface area contributed by atoms with Crippen LogP contribution in [0.4, 0.5) is 5.69 Å². The molecule has 2 aromatic carbocycles. The van der Waals surface area contributed by atoms with Crippen LogP contribution in [0.1, 0.15) is 61.5 Å². The van der Waals surface area contributed by atoms with E-state index in [9.17, 15) is 14.7 Å². The molecule has 0 atom stereocenters. The number of rotatable bonds is 5. The fraction of sp³-hybridized carbons (Fsp3) is 0.375. The summed E-state index contributed by atoms with van der Waals surface area (Å²) < 4.78 is 1.96. The van der Waals surface area contributed by atoms with Gasteiger partial charge in [0.25, 0.3) is 5.91 Å². The van der Waals surface area contributed by atoms with Crippen LogP contribution >= 0.6 is 11.6 Å². The Bertz CT molecular complexity index is 1120. The first-order chi connectivity index (χ1) is 14.8. The van der Waals surface area contributed by atoms with Gasteiger partial charge in [-0.15, -0.1) is 0 Å². The maximum Gasteiger partial charge on any atom is 0.257 e. The summed E-state index contributed by atoms with van der Waals surface area (Å²) in [5.74, 6) is -0.190. The molecule has 0 radical (unpaired) electrons. The normalized spacial score (nSPS) is 19.4. The molecule has 162 valence electrons. The number of hydrogen-bond acceptors (Lipinski definition) is 4. The predicted octanol–water partition coefficient (Wildman–Crippen LogP) is 5.10. The van der Waals surface area contributed by atoms with Crippen LogP contribution in [0.25, 0.3) is 10.9 Å². The second-order valence-corrected chi connectivity index (χ2v) is 9.17. The molecule has 1 aromatic heterocycles. The lowest BCUT2D eigenvalue weighted by atomic mass is 9.87. The van der Waals surface area contributed by atoms with Gasteiger partial charge in [0, 0.05) is 28.8 Å². The van der Waals surface area contributed by atoms with Gasteiger partial charge in [-0.25, -0.2) is 0 Å². The van der Waals surface area contributed by atoms with Crippen molar-refractivity contribution in [2.45, 2.75) is 51.2 Å². The van der Waals surface area contributed by atoms with Gasteiger partial charge in [0.2, 0.25) is 0 Å². The van der Waals surface area contributed by atoms with Gasteiger partial charge in [0.1, 0.15) is 6.29 Å². The Morgan fingerprint density at radius 1 is 1.23 bits per heavy atom. The van der Waals surface area contributed by atoms with Crippen molar-refractivity contribution in [2.24, 2.45) is 5.92 Å². The number of nitrogens with one attached hydrogen (secondary N) is 1. The van der Waals surface area contributed by atoms with E-state index in [1.54, 1.807) is 38.1 Å². The summed E-state index contributed by atoms with van der Waals surface area (Å²) in [4.78, 5) is 23.9. The third-order valence-corrected chi connectivity index (χ3v) is 6.32. The highest BCUT2D eigenvalue weighted by molar-refractivity contribution is 6.34. The Hall–Kier alpha value is -2.70. The first kappa shape index (κ1) is 21.5. The quantitative estimate of drug-likeness (QED) is 0.541. The number of anilines is 1. The van der Waals surface area contributed by atoms with E-state index >= 15 is 0 Å².